The molecule has 8 heteroatoms. The molecule has 0 bridgehead atoms. The molecule has 20 rings (SSSR count). The van der Waals surface area contributed by atoms with E-state index in [1.54, 1.807) is 12.4 Å². The van der Waals surface area contributed by atoms with Crippen molar-refractivity contribution in [2.45, 2.75) is 0 Å². The van der Waals surface area contributed by atoms with Gasteiger partial charge in [-0.2, -0.15) is 0 Å². The Kier molecular flexibility index (Phi) is 12.0. The molecule has 0 spiro atoms. The van der Waals surface area contributed by atoms with Crippen molar-refractivity contribution >= 4 is 132 Å². The van der Waals surface area contributed by atoms with Crippen LogP contribution in [0.5, 0.6) is 0 Å². The van der Waals surface area contributed by atoms with Gasteiger partial charge < -0.3 is 0 Å². The number of benzene rings is 13. The number of fused-ring (bicyclic) bond motifs is 20. The van der Waals surface area contributed by atoms with Gasteiger partial charge in [0.1, 0.15) is 16.7 Å². The normalized spacial score (nSPS) is 11.9. The van der Waals surface area contributed by atoms with E-state index in [0.717, 1.165) is 88.2 Å². The highest BCUT2D eigenvalue weighted by Crippen LogP contribution is 2.47. The summed E-state index contributed by atoms with van der Waals surface area (Å²) in [6.45, 7) is 0. The van der Waals surface area contributed by atoms with E-state index < -0.39 is 0 Å². The zero-order valence-corrected chi connectivity index (χ0v) is 50.8. The lowest BCUT2D eigenvalue weighted by molar-refractivity contribution is 1.25. The highest BCUT2D eigenvalue weighted by Gasteiger charge is 2.21. The maximum atomic E-state index is 5.22. The Balaban J connectivity index is 0.000000142. The lowest BCUT2D eigenvalue weighted by atomic mass is 9.84. The topological polar surface area (TPSA) is 73.3 Å². The van der Waals surface area contributed by atoms with Crippen molar-refractivity contribution in [2.24, 2.45) is 0 Å². The molecule has 93 heavy (non-hydrogen) atoms. The van der Waals surface area contributed by atoms with Crippen molar-refractivity contribution in [1.82, 2.24) is 33.7 Å². The van der Waals surface area contributed by atoms with E-state index in [0.29, 0.717) is 0 Å². The highest BCUT2D eigenvalue weighted by molar-refractivity contribution is 7.18. The monoisotopic (exact) mass is 1200 g/mol. The highest BCUT2D eigenvalue weighted by atomic mass is 32.1. The second-order valence-corrected chi connectivity index (χ2v) is 25.0. The van der Waals surface area contributed by atoms with Crippen LogP contribution in [0.4, 0.5) is 0 Å². The molecule has 0 atom stereocenters. The molecule has 0 saturated carbocycles. The maximum Gasteiger partial charge on any atom is 0.166 e. The lowest BCUT2D eigenvalue weighted by Gasteiger charge is -2.19. The molecule has 0 aliphatic carbocycles. The second kappa shape index (κ2) is 21.2. The predicted octanol–water partition coefficient (Wildman–Crippen LogP) is 22.4. The predicted molar refractivity (Wildman–Crippen MR) is 389 cm³/mol. The average molecular weight is 1200 g/mol. The van der Waals surface area contributed by atoms with Crippen LogP contribution in [0.3, 0.4) is 0 Å². The minimum absolute atomic E-state index is 0.804. The van der Waals surface area contributed by atoms with Crippen molar-refractivity contribution in [3.8, 4) is 65.4 Å². The second-order valence-electron chi connectivity index (χ2n) is 23.9. The van der Waals surface area contributed by atoms with Gasteiger partial charge in [-0.1, -0.05) is 206 Å². The SMILES string of the molecule is c1ccc(-c2ccc(-c3ccc(-c4ccc5c(c4)c4ncccc4n4c6ccccc6nc54)cc3)s2)cc1.c1ccc2cc(-c3c4ccccc4c(-c4ccc5ccccc5c4)c4cc(-c5ccc6c(c5)nc5c7nccnc7c7ccccc7n65)ccc34)ccc2c1. The van der Waals surface area contributed by atoms with Crippen LogP contribution in [-0.2, 0) is 0 Å². The summed E-state index contributed by atoms with van der Waals surface area (Å²) >= 11 is 1.83. The Morgan fingerprint density at radius 1 is 0.237 bits per heavy atom. The molecule has 7 heterocycles. The van der Waals surface area contributed by atoms with Gasteiger partial charge in [0, 0.05) is 44.5 Å². The number of hydrogen-bond donors (Lipinski definition) is 0. The van der Waals surface area contributed by atoms with Crippen LogP contribution < -0.4 is 0 Å². The molecule has 0 aliphatic heterocycles. The number of thiophene rings is 1. The first kappa shape index (κ1) is 52.7. The van der Waals surface area contributed by atoms with Crippen LogP contribution in [0.15, 0.2) is 310 Å². The number of nitrogens with zero attached hydrogens (tertiary/aromatic N) is 7. The number of pyridine rings is 3. The molecule has 0 aliphatic rings. The maximum absolute atomic E-state index is 5.22. The molecular formula is C85H51N7S. The number of rotatable bonds is 6. The summed E-state index contributed by atoms with van der Waals surface area (Å²) in [7, 11) is 0. The number of para-hydroxylation sites is 3. The smallest absolute Gasteiger partial charge is 0.166 e. The van der Waals surface area contributed by atoms with Gasteiger partial charge in [-0.05, 0) is 184 Å². The minimum Gasteiger partial charge on any atom is -0.290 e. The van der Waals surface area contributed by atoms with Gasteiger partial charge in [0.05, 0.1) is 38.6 Å². The Hall–Kier alpha value is -12.2. The molecule has 13 aromatic carbocycles. The molecule has 0 N–H and O–H groups in total. The van der Waals surface area contributed by atoms with Gasteiger partial charge in [0.15, 0.2) is 5.65 Å². The standard InChI is InChI=1S/C51H30N4.C34H21N3S/c1-3-11-33-27-37(19-17-31(33)9-1)47-39-13-5-6-14-40(39)48(38-20-18-32-10-2-4-12-34(32)28-38)43-29-35(21-23-41(43)47)36-22-24-46-44(30-36)54-51-50-49(52-25-26-53-50)42-15-7-8-16-45(42)55(46)51;1-2-7-23(8-3-1)31-18-19-32(38-31)24-14-12-22(13-15-24)25-16-17-26-27(21-25)33-30(11-6-20-35-33)37-29-10-5-4-9-28(29)36-34(26)37/h1-30H;1-21H. The molecule has 0 radical (unpaired) electrons. The van der Waals surface area contributed by atoms with E-state index in [4.69, 9.17) is 24.9 Å². The number of imidazole rings is 2. The first-order valence-electron chi connectivity index (χ1n) is 31.3. The van der Waals surface area contributed by atoms with Crippen LogP contribution in [-0.4, -0.2) is 33.7 Å². The summed E-state index contributed by atoms with van der Waals surface area (Å²) in [5, 5.41) is 13.2. The van der Waals surface area contributed by atoms with Crippen LogP contribution in [0, 0.1) is 0 Å². The van der Waals surface area contributed by atoms with E-state index in [2.05, 4.69) is 288 Å². The van der Waals surface area contributed by atoms with Crippen LogP contribution in [0.2, 0.25) is 0 Å². The molecule has 20 aromatic rings. The van der Waals surface area contributed by atoms with E-state index in [-0.39, 0.29) is 0 Å². The third kappa shape index (κ3) is 8.61. The van der Waals surface area contributed by atoms with E-state index >= 15 is 0 Å². The van der Waals surface area contributed by atoms with E-state index in [1.165, 1.54) is 97.4 Å². The Labute approximate surface area is 537 Å². The van der Waals surface area contributed by atoms with Crippen molar-refractivity contribution < 1.29 is 0 Å². The van der Waals surface area contributed by atoms with Crippen LogP contribution in [0.25, 0.3) is 186 Å². The van der Waals surface area contributed by atoms with Gasteiger partial charge in [-0.25, -0.2) is 15.0 Å². The fourth-order valence-electron chi connectivity index (χ4n) is 14.3. The Morgan fingerprint density at radius 2 is 0.720 bits per heavy atom. The van der Waals surface area contributed by atoms with Gasteiger partial charge in [0.2, 0.25) is 0 Å². The molecule has 7 aromatic heterocycles. The quantitative estimate of drug-likeness (QED) is 0.123. The van der Waals surface area contributed by atoms with Crippen molar-refractivity contribution in [3.05, 3.63) is 310 Å². The molecule has 7 nitrogen and oxygen atoms in total. The first-order chi connectivity index (χ1) is 46.1. The minimum atomic E-state index is 0.804. The van der Waals surface area contributed by atoms with Gasteiger partial charge in [-0.3, -0.25) is 18.8 Å². The van der Waals surface area contributed by atoms with Crippen LogP contribution >= 0.6 is 11.3 Å². The van der Waals surface area contributed by atoms with Gasteiger partial charge in [-0.15, -0.1) is 11.3 Å². The molecular weight excluding hydrogens is 1150 g/mol. The van der Waals surface area contributed by atoms with Crippen LogP contribution in [0.1, 0.15) is 0 Å². The summed E-state index contributed by atoms with van der Waals surface area (Å²) < 4.78 is 4.46. The number of aromatic nitrogens is 7. The zero-order valence-electron chi connectivity index (χ0n) is 50.0. The summed E-state index contributed by atoms with van der Waals surface area (Å²) in [6, 6.07) is 105. The molecule has 0 amide bonds. The van der Waals surface area contributed by atoms with Crippen molar-refractivity contribution in [3.63, 3.8) is 0 Å². The molecule has 0 unspecified atom stereocenters. The van der Waals surface area contributed by atoms with E-state index in [1.807, 2.05) is 29.7 Å². The Morgan fingerprint density at radius 3 is 1.46 bits per heavy atom. The third-order valence-corrected chi connectivity index (χ3v) is 19.9. The first-order valence-corrected chi connectivity index (χ1v) is 32.2. The zero-order chi connectivity index (χ0) is 61.1. The van der Waals surface area contributed by atoms with E-state index in [9.17, 15) is 0 Å². The van der Waals surface area contributed by atoms with Crippen molar-refractivity contribution in [2.75, 3.05) is 0 Å². The summed E-state index contributed by atoms with van der Waals surface area (Å²) in [5.74, 6) is 0. The fourth-order valence-corrected chi connectivity index (χ4v) is 15.3. The third-order valence-electron chi connectivity index (χ3n) is 18.7. The summed E-state index contributed by atoms with van der Waals surface area (Å²) in [4.78, 5) is 27.1. The molecule has 0 fully saturated rings. The van der Waals surface area contributed by atoms with Gasteiger partial charge in [0.25, 0.3) is 0 Å². The number of hydrogen-bond acceptors (Lipinski definition) is 6. The largest absolute Gasteiger partial charge is 0.290 e. The van der Waals surface area contributed by atoms with Gasteiger partial charge >= 0.3 is 0 Å². The summed E-state index contributed by atoms with van der Waals surface area (Å²) in [5.41, 5.74) is 22.7. The van der Waals surface area contributed by atoms with Crippen molar-refractivity contribution in [1.29, 1.82) is 0 Å². The Bertz CT molecular complexity index is 6440. The molecule has 432 valence electrons. The molecule has 0 saturated heterocycles. The lowest BCUT2D eigenvalue weighted by Crippen LogP contribution is -1.94. The average Bonchev–Trinajstić information content (AvgIpc) is 1.74. The summed E-state index contributed by atoms with van der Waals surface area (Å²) in [6.07, 6.45) is 5.38. The fraction of sp³-hybridized carbons (Fsp3) is 0.